The van der Waals surface area contributed by atoms with Crippen LogP contribution in [0.4, 0.5) is 17.6 Å². The maximum atomic E-state index is 13.4. The summed E-state index contributed by atoms with van der Waals surface area (Å²) >= 11 is 0. The molecule has 0 aliphatic carbocycles. The molecule has 1 aromatic carbocycles. The van der Waals surface area contributed by atoms with E-state index in [0.29, 0.717) is 6.07 Å². The number of hydrogen-bond acceptors (Lipinski definition) is 3. The fourth-order valence-electron chi connectivity index (χ4n) is 1.30. The Morgan fingerprint density at radius 1 is 1.18 bits per heavy atom. The number of rotatable bonds is 3. The summed E-state index contributed by atoms with van der Waals surface area (Å²) in [6, 6.07) is 2.35. The number of benzene rings is 1. The molecule has 7 heteroatoms. The molecule has 0 aliphatic heterocycles. The predicted octanol–water partition coefficient (Wildman–Crippen LogP) is 1.23. The molecule has 0 saturated carbocycles. The second kappa shape index (κ2) is 4.99. The molecule has 0 fully saturated rings. The molecule has 0 amide bonds. The average molecular weight is 254 g/mol. The molecule has 0 heterocycles. The van der Waals surface area contributed by atoms with Crippen LogP contribution in [0.25, 0.3) is 0 Å². The topological polar surface area (TPSA) is 60.7 Å². The van der Waals surface area contributed by atoms with Crippen molar-refractivity contribution in [1.29, 1.82) is 0 Å². The summed E-state index contributed by atoms with van der Waals surface area (Å²) in [7, 11) is 0. The van der Waals surface area contributed by atoms with Crippen molar-refractivity contribution in [2.24, 2.45) is 0 Å². The Bertz CT molecular complexity index is 392. The highest BCUT2D eigenvalue weighted by molar-refractivity contribution is 5.30. The first-order valence-electron chi connectivity index (χ1n) is 4.61. The Kier molecular flexibility index (Phi) is 4.07. The van der Waals surface area contributed by atoms with Gasteiger partial charge in [0.25, 0.3) is 0 Å². The normalized spacial score (nSPS) is 15.7. The lowest BCUT2D eigenvalue weighted by Crippen LogP contribution is -2.24. The molecule has 0 aromatic heterocycles. The van der Waals surface area contributed by atoms with Crippen LogP contribution in [0, 0.1) is 5.82 Å². The van der Waals surface area contributed by atoms with E-state index in [4.69, 9.17) is 10.2 Å². The van der Waals surface area contributed by atoms with Crippen molar-refractivity contribution in [1.82, 2.24) is 0 Å². The maximum Gasteiger partial charge on any atom is 0.419 e. The maximum absolute atomic E-state index is 13.4. The molecule has 0 aliphatic rings. The van der Waals surface area contributed by atoms with Crippen LogP contribution in [0.3, 0.4) is 0 Å². The fraction of sp³-hybridized carbons (Fsp3) is 0.400. The van der Waals surface area contributed by atoms with Gasteiger partial charge in [0.2, 0.25) is 0 Å². The Morgan fingerprint density at radius 2 is 1.76 bits per heavy atom. The van der Waals surface area contributed by atoms with Crippen molar-refractivity contribution in [2.75, 3.05) is 6.61 Å². The first kappa shape index (κ1) is 13.9. The molecule has 17 heavy (non-hydrogen) atoms. The van der Waals surface area contributed by atoms with Crippen molar-refractivity contribution in [3.63, 3.8) is 0 Å². The van der Waals surface area contributed by atoms with Gasteiger partial charge < -0.3 is 15.3 Å². The lowest BCUT2D eigenvalue weighted by Gasteiger charge is -2.18. The highest BCUT2D eigenvalue weighted by Crippen LogP contribution is 2.34. The zero-order valence-corrected chi connectivity index (χ0v) is 8.45. The van der Waals surface area contributed by atoms with Crippen LogP contribution in [0.2, 0.25) is 0 Å². The molecular formula is C10H10F4O3. The molecule has 96 valence electrons. The van der Waals surface area contributed by atoms with Gasteiger partial charge in [-0.25, -0.2) is 4.39 Å². The van der Waals surface area contributed by atoms with Crippen LogP contribution >= 0.6 is 0 Å². The van der Waals surface area contributed by atoms with E-state index in [1.54, 1.807) is 0 Å². The van der Waals surface area contributed by atoms with Crippen molar-refractivity contribution < 1.29 is 32.9 Å². The van der Waals surface area contributed by atoms with Crippen molar-refractivity contribution in [3.8, 4) is 0 Å². The molecular weight excluding hydrogens is 244 g/mol. The van der Waals surface area contributed by atoms with Gasteiger partial charge in [0, 0.05) is 5.56 Å². The van der Waals surface area contributed by atoms with E-state index in [1.807, 2.05) is 0 Å². The zero-order chi connectivity index (χ0) is 13.2. The van der Waals surface area contributed by atoms with E-state index < -0.39 is 41.9 Å². The van der Waals surface area contributed by atoms with Crippen molar-refractivity contribution >= 4 is 0 Å². The van der Waals surface area contributed by atoms with E-state index >= 15 is 0 Å². The summed E-state index contributed by atoms with van der Waals surface area (Å²) in [5.41, 5.74) is -2.24. The monoisotopic (exact) mass is 254 g/mol. The van der Waals surface area contributed by atoms with Crippen molar-refractivity contribution in [3.05, 3.63) is 35.1 Å². The van der Waals surface area contributed by atoms with E-state index in [1.165, 1.54) is 0 Å². The van der Waals surface area contributed by atoms with E-state index in [2.05, 4.69) is 0 Å². The highest BCUT2D eigenvalue weighted by atomic mass is 19.4. The van der Waals surface area contributed by atoms with Gasteiger partial charge in [-0.1, -0.05) is 12.1 Å². The molecule has 2 atom stereocenters. The predicted molar refractivity (Wildman–Crippen MR) is 49.5 cm³/mol. The third-order valence-corrected chi connectivity index (χ3v) is 2.20. The second-order valence-corrected chi connectivity index (χ2v) is 3.40. The molecule has 1 aromatic rings. The van der Waals surface area contributed by atoms with Gasteiger partial charge in [-0.05, 0) is 6.07 Å². The molecule has 0 saturated heterocycles. The zero-order valence-electron chi connectivity index (χ0n) is 8.45. The first-order valence-corrected chi connectivity index (χ1v) is 4.61. The van der Waals surface area contributed by atoms with E-state index in [9.17, 15) is 22.7 Å². The summed E-state index contributed by atoms with van der Waals surface area (Å²) < 4.78 is 50.5. The standard InChI is InChI=1S/C10H10F4O3/c11-8-5(9(17)7(16)4-15)2-1-3-6(8)10(12,13)14/h1-3,7,9,15-17H,4H2. The molecule has 0 radical (unpaired) electrons. The summed E-state index contributed by atoms with van der Waals surface area (Å²) in [6.07, 6.45) is -8.54. The largest absolute Gasteiger partial charge is 0.419 e. The minimum absolute atomic E-state index is 0.525. The molecule has 3 N–H and O–H groups in total. The van der Waals surface area contributed by atoms with Crippen LogP contribution in [-0.2, 0) is 6.18 Å². The number of alkyl halides is 3. The highest BCUT2D eigenvalue weighted by Gasteiger charge is 2.36. The average Bonchev–Trinajstić information content (AvgIpc) is 2.25. The molecule has 0 spiro atoms. The number of halogens is 4. The summed E-state index contributed by atoms with van der Waals surface area (Å²) in [6.45, 7) is -0.892. The molecule has 3 nitrogen and oxygen atoms in total. The van der Waals surface area contributed by atoms with E-state index in [-0.39, 0.29) is 0 Å². The quantitative estimate of drug-likeness (QED) is 0.711. The van der Waals surface area contributed by atoms with Crippen molar-refractivity contribution in [2.45, 2.75) is 18.4 Å². The van der Waals surface area contributed by atoms with Crippen LogP contribution in [0.15, 0.2) is 18.2 Å². The van der Waals surface area contributed by atoms with Gasteiger partial charge in [0.05, 0.1) is 12.2 Å². The Morgan fingerprint density at radius 3 is 2.24 bits per heavy atom. The lowest BCUT2D eigenvalue weighted by atomic mass is 10.0. The lowest BCUT2D eigenvalue weighted by molar-refractivity contribution is -0.140. The van der Waals surface area contributed by atoms with Gasteiger partial charge in [0.15, 0.2) is 0 Å². The Labute approximate surface area is 93.9 Å². The first-order chi connectivity index (χ1) is 7.79. The van der Waals surface area contributed by atoms with Gasteiger partial charge in [-0.3, -0.25) is 0 Å². The minimum atomic E-state index is -4.88. The number of aliphatic hydroxyl groups excluding tert-OH is 3. The number of aliphatic hydroxyl groups is 3. The van der Waals surface area contributed by atoms with Gasteiger partial charge in [-0.15, -0.1) is 0 Å². The summed E-state index contributed by atoms with van der Waals surface area (Å²) in [5.74, 6) is -1.65. The van der Waals surface area contributed by atoms with Gasteiger partial charge >= 0.3 is 6.18 Å². The summed E-state index contributed by atoms with van der Waals surface area (Å²) in [4.78, 5) is 0. The summed E-state index contributed by atoms with van der Waals surface area (Å²) in [5, 5.41) is 26.9. The smallest absolute Gasteiger partial charge is 0.394 e. The van der Waals surface area contributed by atoms with Crippen LogP contribution < -0.4 is 0 Å². The Balaban J connectivity index is 3.19. The third kappa shape index (κ3) is 2.93. The second-order valence-electron chi connectivity index (χ2n) is 3.40. The minimum Gasteiger partial charge on any atom is -0.394 e. The SMILES string of the molecule is OCC(O)C(O)c1cccc(C(F)(F)F)c1F. The molecule has 2 unspecified atom stereocenters. The molecule has 0 bridgehead atoms. The number of hydrogen-bond donors (Lipinski definition) is 3. The fourth-order valence-corrected chi connectivity index (χ4v) is 1.30. The van der Waals surface area contributed by atoms with Crippen LogP contribution in [-0.4, -0.2) is 28.0 Å². The van der Waals surface area contributed by atoms with Crippen LogP contribution in [0.1, 0.15) is 17.2 Å². The van der Waals surface area contributed by atoms with Gasteiger partial charge in [0.1, 0.15) is 18.0 Å². The van der Waals surface area contributed by atoms with E-state index in [0.717, 1.165) is 12.1 Å². The molecule has 1 rings (SSSR count). The van der Waals surface area contributed by atoms with Gasteiger partial charge in [-0.2, -0.15) is 13.2 Å². The van der Waals surface area contributed by atoms with Crippen LogP contribution in [0.5, 0.6) is 0 Å². The third-order valence-electron chi connectivity index (χ3n) is 2.20. The Hall–Kier alpha value is -1.18.